The number of hydrogen-bond donors (Lipinski definition) is 3. The van der Waals surface area contributed by atoms with E-state index in [9.17, 15) is 13.2 Å². The molecule has 0 bridgehead atoms. The fourth-order valence-electron chi connectivity index (χ4n) is 2.25. The molecule has 1 aliphatic rings. The highest BCUT2D eigenvalue weighted by atomic mass is 19.4. The van der Waals surface area contributed by atoms with Crippen molar-refractivity contribution in [1.82, 2.24) is 9.88 Å². The summed E-state index contributed by atoms with van der Waals surface area (Å²) in [5.74, 6) is -1.84. The van der Waals surface area contributed by atoms with Gasteiger partial charge in [-0.05, 0) is 19.0 Å². The van der Waals surface area contributed by atoms with Crippen molar-refractivity contribution in [3.8, 4) is 0 Å². The number of hydrogen-bond acceptors (Lipinski definition) is 6. The van der Waals surface area contributed by atoms with Crippen LogP contribution in [0, 0.1) is 0 Å². The summed E-state index contributed by atoms with van der Waals surface area (Å²) >= 11 is 0. The van der Waals surface area contributed by atoms with Gasteiger partial charge in [0.15, 0.2) is 0 Å². The summed E-state index contributed by atoms with van der Waals surface area (Å²) in [6.07, 6.45) is -2.36. The molecule has 0 aliphatic carbocycles. The maximum atomic E-state index is 10.6. The molecule has 0 spiro atoms. The number of piperazine rings is 1. The Labute approximate surface area is 143 Å². The third-order valence-electron chi connectivity index (χ3n) is 3.55. The van der Waals surface area contributed by atoms with Crippen LogP contribution in [0.3, 0.4) is 0 Å². The summed E-state index contributed by atoms with van der Waals surface area (Å²) in [7, 11) is -1.44. The standard InChI is InChI=1S/C12H20BN3O2.C2HF3O2/c1-2-5-15-6-8-16(9-7-15)12-4-3-11(10-14-12)13(17)18;3-2(4,5)1(6)7/h3-4,10,17-18H,2,5-9H2,1H3;(H,6,7). The number of aliphatic carboxylic acids is 1. The van der Waals surface area contributed by atoms with Gasteiger partial charge in [0.1, 0.15) is 5.82 Å². The van der Waals surface area contributed by atoms with Gasteiger partial charge in [-0.25, -0.2) is 9.78 Å². The van der Waals surface area contributed by atoms with Crippen molar-refractivity contribution in [2.75, 3.05) is 37.6 Å². The summed E-state index contributed by atoms with van der Waals surface area (Å²) in [5.41, 5.74) is 0.434. The van der Waals surface area contributed by atoms with Crippen LogP contribution in [0.2, 0.25) is 0 Å². The molecule has 140 valence electrons. The lowest BCUT2D eigenvalue weighted by Crippen LogP contribution is -2.47. The molecule has 0 atom stereocenters. The molecular weight excluding hydrogens is 342 g/mol. The molecule has 25 heavy (non-hydrogen) atoms. The lowest BCUT2D eigenvalue weighted by molar-refractivity contribution is -0.192. The van der Waals surface area contributed by atoms with Crippen molar-refractivity contribution in [2.24, 2.45) is 0 Å². The number of carboxylic acids is 1. The van der Waals surface area contributed by atoms with Crippen LogP contribution in [-0.4, -0.2) is 77.0 Å². The third-order valence-corrected chi connectivity index (χ3v) is 3.55. The number of anilines is 1. The molecule has 0 unspecified atom stereocenters. The van der Waals surface area contributed by atoms with Crippen LogP contribution in [0.4, 0.5) is 19.0 Å². The van der Waals surface area contributed by atoms with E-state index in [1.807, 2.05) is 6.07 Å². The quantitative estimate of drug-likeness (QED) is 0.645. The van der Waals surface area contributed by atoms with E-state index < -0.39 is 19.3 Å². The lowest BCUT2D eigenvalue weighted by Gasteiger charge is -2.35. The van der Waals surface area contributed by atoms with E-state index in [1.165, 1.54) is 12.6 Å². The Morgan fingerprint density at radius 1 is 1.24 bits per heavy atom. The van der Waals surface area contributed by atoms with Crippen molar-refractivity contribution in [3.63, 3.8) is 0 Å². The maximum Gasteiger partial charge on any atom is 0.490 e. The first kappa shape index (κ1) is 21.2. The molecule has 0 radical (unpaired) electrons. The van der Waals surface area contributed by atoms with Crippen LogP contribution < -0.4 is 10.4 Å². The van der Waals surface area contributed by atoms with Gasteiger partial charge >= 0.3 is 19.3 Å². The SMILES string of the molecule is CCCN1CCN(c2ccc(B(O)O)cn2)CC1.O=C(O)C(F)(F)F. The molecule has 7 nitrogen and oxygen atoms in total. The number of carbonyl (C=O) groups is 1. The first-order valence-electron chi connectivity index (χ1n) is 7.74. The zero-order valence-corrected chi connectivity index (χ0v) is 13.8. The Kier molecular flexibility index (Phi) is 8.13. The topological polar surface area (TPSA) is 97.1 Å². The van der Waals surface area contributed by atoms with Crippen molar-refractivity contribution in [1.29, 1.82) is 0 Å². The molecule has 1 aromatic heterocycles. The van der Waals surface area contributed by atoms with Gasteiger partial charge in [0.25, 0.3) is 0 Å². The second-order valence-corrected chi connectivity index (χ2v) is 5.46. The van der Waals surface area contributed by atoms with E-state index in [2.05, 4.69) is 21.7 Å². The fraction of sp³-hybridized carbons (Fsp3) is 0.571. The summed E-state index contributed by atoms with van der Waals surface area (Å²) in [6, 6.07) is 3.57. The molecule has 0 amide bonds. The van der Waals surface area contributed by atoms with Crippen LogP contribution in [0.1, 0.15) is 13.3 Å². The average Bonchev–Trinajstić information content (AvgIpc) is 2.56. The Hall–Kier alpha value is -1.85. The average molecular weight is 363 g/mol. The van der Waals surface area contributed by atoms with E-state index in [0.29, 0.717) is 5.46 Å². The van der Waals surface area contributed by atoms with E-state index in [4.69, 9.17) is 19.9 Å². The van der Waals surface area contributed by atoms with Crippen LogP contribution in [-0.2, 0) is 4.79 Å². The highest BCUT2D eigenvalue weighted by molar-refractivity contribution is 6.58. The van der Waals surface area contributed by atoms with E-state index >= 15 is 0 Å². The third kappa shape index (κ3) is 7.28. The first-order chi connectivity index (χ1) is 11.6. The Morgan fingerprint density at radius 3 is 2.16 bits per heavy atom. The first-order valence-corrected chi connectivity index (χ1v) is 7.74. The van der Waals surface area contributed by atoms with Crippen LogP contribution in [0.15, 0.2) is 18.3 Å². The van der Waals surface area contributed by atoms with Gasteiger partial charge in [-0.15, -0.1) is 0 Å². The molecule has 1 aromatic rings. The summed E-state index contributed by atoms with van der Waals surface area (Å²) in [4.78, 5) is 17.9. The molecule has 0 saturated carbocycles. The van der Waals surface area contributed by atoms with Gasteiger partial charge in [0, 0.05) is 37.8 Å². The highest BCUT2D eigenvalue weighted by Gasteiger charge is 2.38. The van der Waals surface area contributed by atoms with Gasteiger partial charge in [0.2, 0.25) is 0 Å². The van der Waals surface area contributed by atoms with Crippen molar-refractivity contribution in [2.45, 2.75) is 19.5 Å². The molecule has 2 heterocycles. The van der Waals surface area contributed by atoms with Crippen LogP contribution in [0.25, 0.3) is 0 Å². The van der Waals surface area contributed by atoms with Crippen LogP contribution >= 0.6 is 0 Å². The molecule has 11 heteroatoms. The summed E-state index contributed by atoms with van der Waals surface area (Å²) < 4.78 is 31.7. The number of aromatic nitrogens is 1. The molecule has 2 rings (SSSR count). The zero-order chi connectivity index (χ0) is 19.0. The molecule has 1 aliphatic heterocycles. The molecule has 0 aromatic carbocycles. The van der Waals surface area contributed by atoms with Crippen molar-refractivity contribution < 1.29 is 33.1 Å². The van der Waals surface area contributed by atoms with Gasteiger partial charge in [-0.3, -0.25) is 4.90 Å². The van der Waals surface area contributed by atoms with E-state index in [1.54, 1.807) is 6.07 Å². The summed E-state index contributed by atoms with van der Waals surface area (Å²) in [6.45, 7) is 7.46. The fourth-order valence-corrected chi connectivity index (χ4v) is 2.25. The maximum absolute atomic E-state index is 10.6. The molecular formula is C14H21BF3N3O4. The van der Waals surface area contributed by atoms with Gasteiger partial charge in [-0.1, -0.05) is 13.0 Å². The number of halogens is 3. The Bertz CT molecular complexity index is 535. The molecule has 3 N–H and O–H groups in total. The normalized spacial score (nSPS) is 15.4. The smallest absolute Gasteiger partial charge is 0.475 e. The number of rotatable bonds is 4. The zero-order valence-electron chi connectivity index (χ0n) is 13.8. The molecule has 1 saturated heterocycles. The van der Waals surface area contributed by atoms with Crippen LogP contribution in [0.5, 0.6) is 0 Å². The van der Waals surface area contributed by atoms with E-state index in [0.717, 1.165) is 38.5 Å². The second kappa shape index (κ2) is 9.59. The van der Waals surface area contributed by atoms with Gasteiger partial charge < -0.3 is 20.1 Å². The second-order valence-electron chi connectivity index (χ2n) is 5.46. The Balaban J connectivity index is 0.000000381. The summed E-state index contributed by atoms with van der Waals surface area (Å²) in [5, 5.41) is 25.2. The predicted octanol–water partition coefficient (Wildman–Crippen LogP) is -0.0733. The largest absolute Gasteiger partial charge is 0.490 e. The minimum atomic E-state index is -5.08. The number of pyridine rings is 1. The van der Waals surface area contributed by atoms with Crippen molar-refractivity contribution in [3.05, 3.63) is 18.3 Å². The van der Waals surface area contributed by atoms with Crippen molar-refractivity contribution >= 4 is 24.4 Å². The number of nitrogens with zero attached hydrogens (tertiary/aromatic N) is 3. The number of carboxylic acid groups (broad SMARTS) is 1. The minimum Gasteiger partial charge on any atom is -0.475 e. The predicted molar refractivity (Wildman–Crippen MR) is 86.7 cm³/mol. The highest BCUT2D eigenvalue weighted by Crippen LogP contribution is 2.13. The van der Waals surface area contributed by atoms with Gasteiger partial charge in [-0.2, -0.15) is 13.2 Å². The monoisotopic (exact) mass is 363 g/mol. The Morgan fingerprint density at radius 2 is 1.80 bits per heavy atom. The minimum absolute atomic E-state index is 0.434. The van der Waals surface area contributed by atoms with E-state index in [-0.39, 0.29) is 0 Å². The van der Waals surface area contributed by atoms with Gasteiger partial charge in [0.05, 0.1) is 0 Å². The lowest BCUT2D eigenvalue weighted by atomic mass is 9.82. The number of alkyl halides is 3. The molecule has 1 fully saturated rings.